The zero-order chi connectivity index (χ0) is 15.9. The maximum Gasteiger partial charge on any atom is 0.193 e. The molecular weight excluding hydrogens is 288 g/mol. The lowest BCUT2D eigenvalue weighted by Crippen LogP contribution is -2.23. The van der Waals surface area contributed by atoms with Crippen molar-refractivity contribution in [3.8, 4) is 5.75 Å². The third-order valence-electron chi connectivity index (χ3n) is 3.04. The highest BCUT2D eigenvalue weighted by Crippen LogP contribution is 2.14. The van der Waals surface area contributed by atoms with Gasteiger partial charge in [0.25, 0.3) is 0 Å². The molecular formula is C16H17F2N3O. The lowest BCUT2D eigenvalue weighted by atomic mass is 10.1. The van der Waals surface area contributed by atoms with Crippen molar-refractivity contribution in [3.05, 3.63) is 59.7 Å². The Morgan fingerprint density at radius 1 is 1.18 bits per heavy atom. The molecule has 0 aliphatic heterocycles. The second kappa shape index (κ2) is 7.40. The van der Waals surface area contributed by atoms with Crippen molar-refractivity contribution >= 4 is 11.6 Å². The van der Waals surface area contributed by atoms with Crippen LogP contribution in [0.25, 0.3) is 0 Å². The standard InChI is InChI=1S/C16H17F2N3O/c1-22-14-6-4-13(5-7-14)21-16(19)20-9-8-11-2-3-12(17)10-15(11)18/h2-7,10H,8-9H2,1H3,(H3,19,20,21). The van der Waals surface area contributed by atoms with Gasteiger partial charge in [-0.1, -0.05) is 6.07 Å². The minimum Gasteiger partial charge on any atom is -0.497 e. The summed E-state index contributed by atoms with van der Waals surface area (Å²) >= 11 is 0. The SMILES string of the molecule is COc1ccc(NC(N)=NCCc2ccc(F)cc2F)cc1. The van der Waals surface area contributed by atoms with Crippen molar-refractivity contribution in [1.82, 2.24) is 0 Å². The lowest BCUT2D eigenvalue weighted by Gasteiger charge is -2.07. The van der Waals surface area contributed by atoms with E-state index in [1.165, 1.54) is 12.1 Å². The molecule has 0 amide bonds. The van der Waals surface area contributed by atoms with Crippen molar-refractivity contribution in [1.29, 1.82) is 0 Å². The second-order valence-corrected chi connectivity index (χ2v) is 4.61. The maximum atomic E-state index is 13.4. The van der Waals surface area contributed by atoms with Crippen LogP contribution in [0.1, 0.15) is 5.56 Å². The van der Waals surface area contributed by atoms with Crippen molar-refractivity contribution in [2.24, 2.45) is 10.7 Å². The zero-order valence-corrected chi connectivity index (χ0v) is 12.1. The molecule has 4 nitrogen and oxygen atoms in total. The van der Waals surface area contributed by atoms with E-state index in [-0.39, 0.29) is 5.96 Å². The molecule has 0 saturated heterocycles. The Morgan fingerprint density at radius 3 is 2.55 bits per heavy atom. The number of ether oxygens (including phenoxy) is 1. The lowest BCUT2D eigenvalue weighted by molar-refractivity contribution is 0.415. The molecule has 3 N–H and O–H groups in total. The third-order valence-corrected chi connectivity index (χ3v) is 3.04. The van der Waals surface area contributed by atoms with Gasteiger partial charge in [0.2, 0.25) is 0 Å². The van der Waals surface area contributed by atoms with Gasteiger partial charge in [0.15, 0.2) is 5.96 Å². The molecule has 0 unspecified atom stereocenters. The first-order chi connectivity index (χ1) is 10.6. The minimum absolute atomic E-state index is 0.229. The van der Waals surface area contributed by atoms with E-state index in [0.29, 0.717) is 18.5 Å². The van der Waals surface area contributed by atoms with Crippen molar-refractivity contribution in [2.45, 2.75) is 6.42 Å². The van der Waals surface area contributed by atoms with Gasteiger partial charge in [-0.3, -0.25) is 4.99 Å². The summed E-state index contributed by atoms with van der Waals surface area (Å²) in [5.41, 5.74) is 6.93. The third kappa shape index (κ3) is 4.44. The van der Waals surface area contributed by atoms with Crippen LogP contribution in [0, 0.1) is 11.6 Å². The van der Waals surface area contributed by atoms with E-state index in [1.807, 2.05) is 0 Å². The number of benzene rings is 2. The van der Waals surface area contributed by atoms with Crippen molar-refractivity contribution in [2.75, 3.05) is 19.0 Å². The normalized spacial score (nSPS) is 11.3. The molecule has 0 aliphatic carbocycles. The number of nitrogens with two attached hydrogens (primary N) is 1. The number of hydrogen-bond donors (Lipinski definition) is 2. The summed E-state index contributed by atoms with van der Waals surface area (Å²) in [5, 5.41) is 2.92. The summed E-state index contributed by atoms with van der Waals surface area (Å²) < 4.78 is 31.3. The highest BCUT2D eigenvalue weighted by atomic mass is 19.1. The molecule has 0 heterocycles. The van der Waals surface area contributed by atoms with Gasteiger partial charge in [-0.25, -0.2) is 8.78 Å². The predicted octanol–water partition coefficient (Wildman–Crippen LogP) is 2.94. The summed E-state index contributed by atoms with van der Waals surface area (Å²) in [5.74, 6) is -0.192. The highest BCUT2D eigenvalue weighted by molar-refractivity contribution is 5.92. The first kappa shape index (κ1) is 15.8. The van der Waals surface area contributed by atoms with Crippen LogP contribution in [0.5, 0.6) is 5.75 Å². The average Bonchev–Trinajstić information content (AvgIpc) is 2.50. The van der Waals surface area contributed by atoms with Gasteiger partial charge in [0, 0.05) is 18.3 Å². The van der Waals surface area contributed by atoms with Gasteiger partial charge in [-0.05, 0) is 42.3 Å². The van der Waals surface area contributed by atoms with E-state index in [9.17, 15) is 8.78 Å². The van der Waals surface area contributed by atoms with Crippen LogP contribution < -0.4 is 15.8 Å². The molecule has 2 aromatic rings. The Morgan fingerprint density at radius 2 is 1.91 bits per heavy atom. The summed E-state index contributed by atoms with van der Waals surface area (Å²) in [7, 11) is 1.59. The predicted molar refractivity (Wildman–Crippen MR) is 83.2 cm³/mol. The number of halogens is 2. The molecule has 0 saturated carbocycles. The molecule has 0 atom stereocenters. The fourth-order valence-electron chi connectivity index (χ4n) is 1.88. The molecule has 6 heteroatoms. The number of nitrogens with zero attached hydrogens (tertiary/aromatic N) is 1. The summed E-state index contributed by atoms with van der Waals surface area (Å²) in [6.07, 6.45) is 0.344. The van der Waals surface area contributed by atoms with Gasteiger partial charge >= 0.3 is 0 Å². The highest BCUT2D eigenvalue weighted by Gasteiger charge is 2.03. The Bertz CT molecular complexity index is 657. The topological polar surface area (TPSA) is 59.6 Å². The van der Waals surface area contributed by atoms with Crippen LogP contribution in [-0.2, 0) is 6.42 Å². The van der Waals surface area contributed by atoms with Crippen LogP contribution in [0.2, 0.25) is 0 Å². The molecule has 2 aromatic carbocycles. The number of aliphatic imine (C=N–C) groups is 1. The van der Waals surface area contributed by atoms with Crippen molar-refractivity contribution in [3.63, 3.8) is 0 Å². The van der Waals surface area contributed by atoms with Crippen LogP contribution in [0.15, 0.2) is 47.5 Å². The number of nitrogens with one attached hydrogen (secondary N) is 1. The zero-order valence-electron chi connectivity index (χ0n) is 12.1. The fraction of sp³-hybridized carbons (Fsp3) is 0.188. The average molecular weight is 305 g/mol. The maximum absolute atomic E-state index is 13.4. The largest absolute Gasteiger partial charge is 0.497 e. The molecule has 0 spiro atoms. The molecule has 0 aromatic heterocycles. The monoisotopic (exact) mass is 305 g/mol. The Balaban J connectivity index is 1.89. The molecule has 0 bridgehead atoms. The van der Waals surface area contributed by atoms with Gasteiger partial charge in [0.1, 0.15) is 17.4 Å². The second-order valence-electron chi connectivity index (χ2n) is 4.61. The van der Waals surface area contributed by atoms with Crippen molar-refractivity contribution < 1.29 is 13.5 Å². The number of methoxy groups -OCH3 is 1. The number of hydrogen-bond acceptors (Lipinski definition) is 2. The molecule has 0 radical (unpaired) electrons. The van der Waals surface area contributed by atoms with E-state index in [4.69, 9.17) is 10.5 Å². The van der Waals surface area contributed by atoms with E-state index >= 15 is 0 Å². The molecule has 2 rings (SSSR count). The van der Waals surface area contributed by atoms with Gasteiger partial charge in [0.05, 0.1) is 7.11 Å². The Hall–Kier alpha value is -2.63. The first-order valence-corrected chi connectivity index (χ1v) is 6.73. The van der Waals surface area contributed by atoms with Gasteiger partial charge in [-0.2, -0.15) is 0 Å². The Kier molecular flexibility index (Phi) is 5.30. The molecule has 116 valence electrons. The van der Waals surface area contributed by atoms with Gasteiger partial charge < -0.3 is 15.8 Å². The van der Waals surface area contributed by atoms with E-state index < -0.39 is 11.6 Å². The minimum atomic E-state index is -0.592. The van der Waals surface area contributed by atoms with Crippen LogP contribution >= 0.6 is 0 Å². The summed E-state index contributed by atoms with van der Waals surface area (Å²) in [4.78, 5) is 4.11. The van der Waals surface area contributed by atoms with E-state index in [1.54, 1.807) is 31.4 Å². The van der Waals surface area contributed by atoms with Gasteiger partial charge in [-0.15, -0.1) is 0 Å². The quantitative estimate of drug-likeness (QED) is 0.659. The fourth-order valence-corrected chi connectivity index (χ4v) is 1.88. The number of guanidine groups is 1. The Labute approximate surface area is 127 Å². The van der Waals surface area contributed by atoms with Crippen LogP contribution in [0.3, 0.4) is 0 Å². The summed E-state index contributed by atoms with van der Waals surface area (Å²) in [6, 6.07) is 10.7. The molecule has 0 aliphatic rings. The van der Waals surface area contributed by atoms with Crippen LogP contribution in [0.4, 0.5) is 14.5 Å². The van der Waals surface area contributed by atoms with E-state index in [0.717, 1.165) is 17.5 Å². The van der Waals surface area contributed by atoms with E-state index in [2.05, 4.69) is 10.3 Å². The molecule has 22 heavy (non-hydrogen) atoms. The number of anilines is 1. The smallest absolute Gasteiger partial charge is 0.193 e. The number of rotatable bonds is 5. The first-order valence-electron chi connectivity index (χ1n) is 6.73. The van der Waals surface area contributed by atoms with Crippen LogP contribution in [-0.4, -0.2) is 19.6 Å². The summed E-state index contributed by atoms with van der Waals surface area (Å²) in [6.45, 7) is 0.303. The molecule has 0 fully saturated rings.